The Labute approximate surface area is 109 Å². The highest BCUT2D eigenvalue weighted by Crippen LogP contribution is 2.30. The standard InChI is InChI=1S/C13H12N4S/c1-8-6-10-12(14-2)16-11(17-13(10)18-8)9-4-3-5-15-7-9/h3-7H,1-2H3,(H,14,16,17). The number of nitrogens with one attached hydrogen (secondary N) is 1. The Morgan fingerprint density at radius 3 is 2.89 bits per heavy atom. The van der Waals surface area contributed by atoms with Crippen molar-refractivity contribution in [3.63, 3.8) is 0 Å². The second-order valence-corrected chi connectivity index (χ2v) is 5.20. The van der Waals surface area contributed by atoms with Crippen LogP contribution in [0.25, 0.3) is 21.6 Å². The molecule has 0 radical (unpaired) electrons. The molecule has 90 valence electrons. The Bertz CT molecular complexity index is 691. The lowest BCUT2D eigenvalue weighted by atomic mass is 10.2. The van der Waals surface area contributed by atoms with Crippen LogP contribution in [0, 0.1) is 6.92 Å². The summed E-state index contributed by atoms with van der Waals surface area (Å²) in [6.45, 7) is 2.08. The first-order valence-electron chi connectivity index (χ1n) is 5.64. The summed E-state index contributed by atoms with van der Waals surface area (Å²) in [5, 5.41) is 4.21. The molecule has 4 nitrogen and oxygen atoms in total. The molecule has 0 aliphatic carbocycles. The summed E-state index contributed by atoms with van der Waals surface area (Å²) in [5.74, 6) is 1.57. The predicted octanol–water partition coefficient (Wildman–Crippen LogP) is 3.10. The largest absolute Gasteiger partial charge is 0.372 e. The van der Waals surface area contributed by atoms with Gasteiger partial charge >= 0.3 is 0 Å². The van der Waals surface area contributed by atoms with Crippen LogP contribution in [-0.2, 0) is 0 Å². The van der Waals surface area contributed by atoms with Crippen LogP contribution in [0.15, 0.2) is 30.6 Å². The van der Waals surface area contributed by atoms with Gasteiger partial charge in [0.15, 0.2) is 5.82 Å². The van der Waals surface area contributed by atoms with Crippen LogP contribution in [-0.4, -0.2) is 22.0 Å². The van der Waals surface area contributed by atoms with E-state index in [2.05, 4.69) is 33.3 Å². The molecule has 5 heteroatoms. The minimum absolute atomic E-state index is 0.710. The lowest BCUT2D eigenvalue weighted by Crippen LogP contribution is -1.97. The number of aryl methyl sites for hydroxylation is 1. The molecule has 0 saturated heterocycles. The summed E-state index contributed by atoms with van der Waals surface area (Å²) in [4.78, 5) is 15.5. The first kappa shape index (κ1) is 11.1. The topological polar surface area (TPSA) is 50.7 Å². The highest BCUT2D eigenvalue weighted by molar-refractivity contribution is 7.18. The van der Waals surface area contributed by atoms with Gasteiger partial charge in [-0.3, -0.25) is 4.98 Å². The highest BCUT2D eigenvalue weighted by Gasteiger charge is 2.10. The molecule has 3 aromatic heterocycles. The quantitative estimate of drug-likeness (QED) is 0.765. The maximum Gasteiger partial charge on any atom is 0.164 e. The van der Waals surface area contributed by atoms with Crippen molar-refractivity contribution >= 4 is 27.4 Å². The molecular formula is C13H12N4S. The highest BCUT2D eigenvalue weighted by atomic mass is 32.1. The maximum absolute atomic E-state index is 4.60. The lowest BCUT2D eigenvalue weighted by Gasteiger charge is -2.04. The third kappa shape index (κ3) is 1.82. The zero-order valence-corrected chi connectivity index (χ0v) is 11.0. The van der Waals surface area contributed by atoms with Crippen molar-refractivity contribution in [3.8, 4) is 11.4 Å². The summed E-state index contributed by atoms with van der Waals surface area (Å²) in [6, 6.07) is 5.97. The fourth-order valence-corrected chi connectivity index (χ4v) is 2.74. The van der Waals surface area contributed by atoms with Crippen molar-refractivity contribution < 1.29 is 0 Å². The van der Waals surface area contributed by atoms with Crippen LogP contribution in [0.4, 0.5) is 5.82 Å². The molecule has 3 rings (SSSR count). The van der Waals surface area contributed by atoms with Crippen molar-refractivity contribution in [2.75, 3.05) is 12.4 Å². The molecule has 3 heterocycles. The molecule has 0 aliphatic rings. The van der Waals surface area contributed by atoms with Gasteiger partial charge in [0.1, 0.15) is 10.6 Å². The van der Waals surface area contributed by atoms with Crippen LogP contribution in [0.2, 0.25) is 0 Å². The van der Waals surface area contributed by atoms with Crippen LogP contribution >= 0.6 is 11.3 Å². The van der Waals surface area contributed by atoms with Crippen molar-refractivity contribution in [1.82, 2.24) is 15.0 Å². The minimum atomic E-state index is 0.710. The number of hydrogen-bond donors (Lipinski definition) is 1. The van der Waals surface area contributed by atoms with Gasteiger partial charge in [-0.05, 0) is 25.1 Å². The molecule has 0 aromatic carbocycles. The average Bonchev–Trinajstić information content (AvgIpc) is 2.78. The normalized spacial score (nSPS) is 10.8. The molecule has 0 atom stereocenters. The fraction of sp³-hybridized carbons (Fsp3) is 0.154. The number of aromatic nitrogens is 3. The number of anilines is 1. The van der Waals surface area contributed by atoms with E-state index in [1.165, 1.54) is 4.88 Å². The van der Waals surface area contributed by atoms with E-state index in [9.17, 15) is 0 Å². The second-order valence-electron chi connectivity index (χ2n) is 3.96. The van der Waals surface area contributed by atoms with Gasteiger partial charge in [0.2, 0.25) is 0 Å². The monoisotopic (exact) mass is 256 g/mol. The van der Waals surface area contributed by atoms with Crippen LogP contribution in [0.5, 0.6) is 0 Å². The minimum Gasteiger partial charge on any atom is -0.372 e. The average molecular weight is 256 g/mol. The fourth-order valence-electron chi connectivity index (χ4n) is 1.86. The van der Waals surface area contributed by atoms with E-state index in [1.54, 1.807) is 23.7 Å². The molecule has 0 bridgehead atoms. The van der Waals surface area contributed by atoms with E-state index in [4.69, 9.17) is 0 Å². The predicted molar refractivity (Wildman–Crippen MR) is 74.9 cm³/mol. The molecule has 18 heavy (non-hydrogen) atoms. The summed E-state index contributed by atoms with van der Waals surface area (Å²) in [6.07, 6.45) is 3.53. The third-order valence-electron chi connectivity index (χ3n) is 2.67. The lowest BCUT2D eigenvalue weighted by molar-refractivity contribution is 1.20. The van der Waals surface area contributed by atoms with Crippen LogP contribution in [0.3, 0.4) is 0 Å². The van der Waals surface area contributed by atoms with Gasteiger partial charge in [-0.1, -0.05) is 0 Å². The van der Waals surface area contributed by atoms with Gasteiger partial charge in [-0.2, -0.15) is 0 Å². The zero-order chi connectivity index (χ0) is 12.5. The van der Waals surface area contributed by atoms with Crippen LogP contribution in [0.1, 0.15) is 4.88 Å². The van der Waals surface area contributed by atoms with Crippen LogP contribution < -0.4 is 5.32 Å². The Balaban J connectivity index is 2.25. The van der Waals surface area contributed by atoms with E-state index < -0.39 is 0 Å². The molecule has 0 fully saturated rings. The Morgan fingerprint density at radius 2 is 2.17 bits per heavy atom. The summed E-state index contributed by atoms with van der Waals surface area (Å²) >= 11 is 1.68. The number of pyridine rings is 1. The smallest absolute Gasteiger partial charge is 0.164 e. The van der Waals surface area contributed by atoms with Gasteiger partial charge in [-0.25, -0.2) is 9.97 Å². The first-order valence-corrected chi connectivity index (χ1v) is 6.46. The van der Waals surface area contributed by atoms with Gasteiger partial charge < -0.3 is 5.32 Å². The maximum atomic E-state index is 4.60. The number of fused-ring (bicyclic) bond motifs is 1. The van der Waals surface area contributed by atoms with E-state index in [0.29, 0.717) is 5.82 Å². The first-order chi connectivity index (χ1) is 8.78. The Morgan fingerprint density at radius 1 is 1.28 bits per heavy atom. The number of nitrogens with zero attached hydrogens (tertiary/aromatic N) is 3. The molecule has 3 aromatic rings. The Kier molecular flexibility index (Phi) is 2.68. The van der Waals surface area contributed by atoms with Gasteiger partial charge in [0.05, 0.1) is 5.39 Å². The molecule has 0 spiro atoms. The van der Waals surface area contributed by atoms with Gasteiger partial charge in [-0.15, -0.1) is 11.3 Å². The third-order valence-corrected chi connectivity index (χ3v) is 3.62. The van der Waals surface area contributed by atoms with E-state index in [0.717, 1.165) is 21.6 Å². The molecule has 0 unspecified atom stereocenters. The summed E-state index contributed by atoms with van der Waals surface area (Å²) in [5.41, 5.74) is 0.932. The molecule has 0 saturated carbocycles. The SMILES string of the molecule is CNc1nc(-c2cccnc2)nc2sc(C)cc12. The molecular weight excluding hydrogens is 244 g/mol. The van der Waals surface area contributed by atoms with Crippen molar-refractivity contribution in [3.05, 3.63) is 35.5 Å². The van der Waals surface area contributed by atoms with Crippen molar-refractivity contribution in [1.29, 1.82) is 0 Å². The second kappa shape index (κ2) is 4.34. The van der Waals surface area contributed by atoms with E-state index in [1.807, 2.05) is 19.2 Å². The van der Waals surface area contributed by atoms with Crippen molar-refractivity contribution in [2.24, 2.45) is 0 Å². The zero-order valence-electron chi connectivity index (χ0n) is 10.1. The van der Waals surface area contributed by atoms with E-state index in [-0.39, 0.29) is 0 Å². The number of rotatable bonds is 2. The molecule has 1 N–H and O–H groups in total. The summed E-state index contributed by atoms with van der Waals surface area (Å²) < 4.78 is 0. The molecule has 0 amide bonds. The Hall–Kier alpha value is -2.01. The number of thiophene rings is 1. The van der Waals surface area contributed by atoms with Gasteiger partial charge in [0, 0.05) is 29.9 Å². The van der Waals surface area contributed by atoms with Crippen molar-refractivity contribution in [2.45, 2.75) is 6.92 Å². The molecule has 0 aliphatic heterocycles. The van der Waals surface area contributed by atoms with E-state index >= 15 is 0 Å². The summed E-state index contributed by atoms with van der Waals surface area (Å²) in [7, 11) is 1.88. The number of hydrogen-bond acceptors (Lipinski definition) is 5. The van der Waals surface area contributed by atoms with Gasteiger partial charge in [0.25, 0.3) is 0 Å².